The monoisotopic (exact) mass is 358 g/mol. The average Bonchev–Trinajstić information content (AvgIpc) is 3.04. The molecule has 4 heteroatoms. The standard InChI is InChI=1S/C21H42O4/c1-5-9-11-17(7-3)14-23-20-16-24-19(13-22)21(20)25-15-18(8-4)12-10-6-2/h17-22H,5-16H2,1-4H3/t17?,18?,19-,20-,21?/m1/s1. The molecule has 1 heterocycles. The SMILES string of the molecule is CCCCC(CC)COC1[C@@H](CO)OC[C@H]1OCC(CC)CCCC. The molecule has 25 heavy (non-hydrogen) atoms. The molecule has 0 aromatic heterocycles. The molecule has 0 aromatic rings. The number of hydrogen-bond acceptors (Lipinski definition) is 4. The lowest BCUT2D eigenvalue weighted by Gasteiger charge is -2.26. The van der Waals surface area contributed by atoms with Crippen molar-refractivity contribution in [1.29, 1.82) is 0 Å². The highest BCUT2D eigenvalue weighted by Crippen LogP contribution is 2.24. The number of unbranched alkanes of at least 4 members (excludes halogenated alkanes) is 2. The van der Waals surface area contributed by atoms with Crippen LogP contribution in [-0.2, 0) is 14.2 Å². The van der Waals surface area contributed by atoms with Gasteiger partial charge in [0.2, 0.25) is 0 Å². The van der Waals surface area contributed by atoms with Crippen molar-refractivity contribution in [3.63, 3.8) is 0 Å². The Morgan fingerprint density at radius 3 is 1.96 bits per heavy atom. The van der Waals surface area contributed by atoms with E-state index in [0.29, 0.717) is 18.4 Å². The van der Waals surface area contributed by atoms with Crippen molar-refractivity contribution < 1.29 is 19.3 Å². The van der Waals surface area contributed by atoms with E-state index in [-0.39, 0.29) is 24.9 Å². The van der Waals surface area contributed by atoms with Gasteiger partial charge in [0.05, 0.1) is 26.4 Å². The average molecular weight is 359 g/mol. The van der Waals surface area contributed by atoms with E-state index in [2.05, 4.69) is 27.7 Å². The molecule has 5 atom stereocenters. The molecule has 0 aliphatic carbocycles. The fraction of sp³-hybridized carbons (Fsp3) is 1.00. The first-order valence-electron chi connectivity index (χ1n) is 10.7. The van der Waals surface area contributed by atoms with Gasteiger partial charge < -0.3 is 19.3 Å². The molecule has 0 radical (unpaired) electrons. The van der Waals surface area contributed by atoms with Crippen molar-refractivity contribution in [1.82, 2.24) is 0 Å². The van der Waals surface area contributed by atoms with Crippen LogP contribution >= 0.6 is 0 Å². The van der Waals surface area contributed by atoms with E-state index in [1.165, 1.54) is 38.5 Å². The molecule has 1 aliphatic heterocycles. The van der Waals surface area contributed by atoms with Gasteiger partial charge in [-0.05, 0) is 24.7 Å². The quantitative estimate of drug-likeness (QED) is 0.465. The minimum Gasteiger partial charge on any atom is -0.394 e. The molecule has 0 amide bonds. The third-order valence-corrected chi connectivity index (χ3v) is 5.54. The van der Waals surface area contributed by atoms with Crippen LogP contribution in [0.1, 0.15) is 79.1 Å². The summed E-state index contributed by atoms with van der Waals surface area (Å²) in [5, 5.41) is 9.60. The molecule has 1 rings (SSSR count). The van der Waals surface area contributed by atoms with Gasteiger partial charge in [-0.2, -0.15) is 0 Å². The van der Waals surface area contributed by atoms with Crippen LogP contribution in [-0.4, -0.2) is 49.8 Å². The number of rotatable bonds is 15. The highest BCUT2D eigenvalue weighted by atomic mass is 16.6. The lowest BCUT2D eigenvalue weighted by molar-refractivity contribution is -0.0859. The fourth-order valence-corrected chi connectivity index (χ4v) is 3.46. The first kappa shape index (κ1) is 22.9. The fourth-order valence-electron chi connectivity index (χ4n) is 3.46. The zero-order chi connectivity index (χ0) is 18.5. The Bertz CT molecular complexity index is 310. The number of aliphatic hydroxyl groups is 1. The normalized spacial score (nSPS) is 26.0. The second kappa shape index (κ2) is 14.0. The Balaban J connectivity index is 2.48. The summed E-state index contributed by atoms with van der Waals surface area (Å²) in [6, 6.07) is 0. The summed E-state index contributed by atoms with van der Waals surface area (Å²) in [5.41, 5.74) is 0. The van der Waals surface area contributed by atoms with Crippen LogP contribution in [0.4, 0.5) is 0 Å². The maximum Gasteiger partial charge on any atom is 0.114 e. The zero-order valence-electron chi connectivity index (χ0n) is 17.0. The third-order valence-electron chi connectivity index (χ3n) is 5.54. The summed E-state index contributed by atoms with van der Waals surface area (Å²) in [5.74, 6) is 1.20. The second-order valence-electron chi connectivity index (χ2n) is 7.56. The predicted molar refractivity (Wildman–Crippen MR) is 103 cm³/mol. The summed E-state index contributed by atoms with van der Waals surface area (Å²) < 4.78 is 18.1. The van der Waals surface area contributed by atoms with E-state index in [9.17, 15) is 5.11 Å². The van der Waals surface area contributed by atoms with Crippen LogP contribution in [0.3, 0.4) is 0 Å². The van der Waals surface area contributed by atoms with Gasteiger partial charge in [0.25, 0.3) is 0 Å². The highest BCUT2D eigenvalue weighted by molar-refractivity contribution is 4.86. The molecule has 1 aliphatic rings. The topological polar surface area (TPSA) is 47.9 Å². The van der Waals surface area contributed by atoms with E-state index >= 15 is 0 Å². The first-order valence-corrected chi connectivity index (χ1v) is 10.7. The summed E-state index contributed by atoms with van der Waals surface area (Å²) in [6.07, 6.45) is 9.27. The van der Waals surface area contributed by atoms with Crippen LogP contribution in [0, 0.1) is 11.8 Å². The van der Waals surface area contributed by atoms with Crippen LogP contribution in [0.5, 0.6) is 0 Å². The van der Waals surface area contributed by atoms with Crippen LogP contribution in [0.15, 0.2) is 0 Å². The predicted octanol–water partition coefficient (Wildman–Crippen LogP) is 4.58. The Morgan fingerprint density at radius 1 is 0.920 bits per heavy atom. The molecule has 1 N–H and O–H groups in total. The van der Waals surface area contributed by atoms with Crippen molar-refractivity contribution in [2.75, 3.05) is 26.4 Å². The summed E-state index contributed by atoms with van der Waals surface area (Å²) in [7, 11) is 0. The van der Waals surface area contributed by atoms with E-state index in [4.69, 9.17) is 14.2 Å². The summed E-state index contributed by atoms with van der Waals surface area (Å²) in [4.78, 5) is 0. The van der Waals surface area contributed by atoms with Gasteiger partial charge in [-0.3, -0.25) is 0 Å². The minimum absolute atomic E-state index is 0.00329. The molecule has 1 saturated heterocycles. The Kier molecular flexibility index (Phi) is 12.8. The lowest BCUT2D eigenvalue weighted by atomic mass is 10.00. The molecule has 4 nitrogen and oxygen atoms in total. The van der Waals surface area contributed by atoms with Gasteiger partial charge >= 0.3 is 0 Å². The van der Waals surface area contributed by atoms with Gasteiger partial charge in [0.15, 0.2) is 0 Å². The number of hydrogen-bond donors (Lipinski definition) is 1. The first-order chi connectivity index (χ1) is 12.2. The molecule has 150 valence electrons. The van der Waals surface area contributed by atoms with E-state index in [1.807, 2.05) is 0 Å². The van der Waals surface area contributed by atoms with Crippen LogP contribution < -0.4 is 0 Å². The molecule has 1 fully saturated rings. The van der Waals surface area contributed by atoms with E-state index in [1.54, 1.807) is 0 Å². The minimum atomic E-state index is -0.246. The molecule has 0 saturated carbocycles. The van der Waals surface area contributed by atoms with Gasteiger partial charge in [0, 0.05) is 0 Å². The Labute approximate surface area is 155 Å². The van der Waals surface area contributed by atoms with E-state index in [0.717, 1.165) is 26.1 Å². The van der Waals surface area contributed by atoms with Crippen molar-refractivity contribution in [3.05, 3.63) is 0 Å². The van der Waals surface area contributed by atoms with Crippen LogP contribution in [0.2, 0.25) is 0 Å². The maximum absolute atomic E-state index is 9.60. The van der Waals surface area contributed by atoms with E-state index < -0.39 is 0 Å². The molecule has 0 spiro atoms. The molecular formula is C21H42O4. The van der Waals surface area contributed by atoms with Crippen molar-refractivity contribution in [3.8, 4) is 0 Å². The van der Waals surface area contributed by atoms with Crippen molar-refractivity contribution in [2.24, 2.45) is 11.8 Å². The largest absolute Gasteiger partial charge is 0.394 e. The third kappa shape index (κ3) is 8.38. The molecule has 0 aromatic carbocycles. The molecule has 3 unspecified atom stereocenters. The highest BCUT2D eigenvalue weighted by Gasteiger charge is 2.39. The number of aliphatic hydroxyl groups excluding tert-OH is 1. The smallest absolute Gasteiger partial charge is 0.114 e. The second-order valence-corrected chi connectivity index (χ2v) is 7.56. The number of ether oxygens (including phenoxy) is 3. The van der Waals surface area contributed by atoms with Gasteiger partial charge in [-0.1, -0.05) is 66.2 Å². The summed E-state index contributed by atoms with van der Waals surface area (Å²) in [6.45, 7) is 11.0. The van der Waals surface area contributed by atoms with Crippen LogP contribution in [0.25, 0.3) is 0 Å². The van der Waals surface area contributed by atoms with Gasteiger partial charge in [-0.15, -0.1) is 0 Å². The Hall–Kier alpha value is -0.160. The lowest BCUT2D eigenvalue weighted by Crippen LogP contribution is -2.38. The van der Waals surface area contributed by atoms with Gasteiger partial charge in [-0.25, -0.2) is 0 Å². The summed E-state index contributed by atoms with van der Waals surface area (Å²) >= 11 is 0. The van der Waals surface area contributed by atoms with Crippen molar-refractivity contribution in [2.45, 2.75) is 97.4 Å². The molecular weight excluding hydrogens is 316 g/mol. The van der Waals surface area contributed by atoms with Gasteiger partial charge in [0.1, 0.15) is 18.3 Å². The maximum atomic E-state index is 9.60. The zero-order valence-corrected chi connectivity index (χ0v) is 17.0. The Morgan fingerprint density at radius 2 is 1.48 bits per heavy atom. The van der Waals surface area contributed by atoms with Crippen molar-refractivity contribution >= 4 is 0 Å². The molecule has 0 bridgehead atoms.